The summed E-state index contributed by atoms with van der Waals surface area (Å²) in [6.07, 6.45) is -6.42. The van der Waals surface area contributed by atoms with Gasteiger partial charge in [0.15, 0.2) is 12.1 Å². The zero-order chi connectivity index (χ0) is 27.4. The molecule has 1 fully saturated rings. The van der Waals surface area contributed by atoms with Crippen LogP contribution in [-0.2, 0) is 16.0 Å². The number of hydrogen-bond donors (Lipinski definition) is 7. The van der Waals surface area contributed by atoms with Crippen molar-refractivity contribution >= 4 is 23.6 Å². The monoisotopic (exact) mass is 531 g/mol. The van der Waals surface area contributed by atoms with Crippen LogP contribution in [0.4, 0.5) is 16.4 Å². The molecule has 0 aliphatic carbocycles. The number of phenols is 1. The van der Waals surface area contributed by atoms with Crippen molar-refractivity contribution in [1.82, 2.24) is 5.27 Å². The van der Waals surface area contributed by atoms with Crippen molar-refractivity contribution in [2.45, 2.75) is 50.1 Å². The molecule has 14 heteroatoms. The number of aromatic nitrogens is 2. The lowest BCUT2D eigenvalue weighted by Crippen LogP contribution is -2.61. The van der Waals surface area contributed by atoms with E-state index >= 15 is 0 Å². The fourth-order valence-corrected chi connectivity index (χ4v) is 3.76. The number of aromatic hydroxyl groups is 1. The summed E-state index contributed by atoms with van der Waals surface area (Å²) in [5.74, 6) is -1.05. The number of amides is 2. The highest BCUT2D eigenvalue weighted by atomic mass is 16.7. The number of carbonyl (C=O) groups is 2. The van der Waals surface area contributed by atoms with Crippen molar-refractivity contribution in [3.05, 3.63) is 60.3 Å². The molecule has 7 N–H and O–H groups in total. The highest BCUT2D eigenvalue weighted by Gasteiger charge is 2.48. The number of benzene rings is 2. The number of nitrogens with zero attached hydrogens (tertiary/aromatic N) is 2. The van der Waals surface area contributed by atoms with Crippen LogP contribution < -0.4 is 20.1 Å². The zero-order valence-corrected chi connectivity index (χ0v) is 20.0. The van der Waals surface area contributed by atoms with Crippen LogP contribution in [0.25, 0.3) is 0 Å². The number of anilines is 2. The van der Waals surface area contributed by atoms with Crippen LogP contribution in [0.1, 0.15) is 18.5 Å². The van der Waals surface area contributed by atoms with Gasteiger partial charge in [-0.3, -0.25) is 9.84 Å². The van der Waals surface area contributed by atoms with Gasteiger partial charge in [0.1, 0.15) is 29.8 Å². The summed E-state index contributed by atoms with van der Waals surface area (Å²) in [5.41, 5.74) is 1.36. The Morgan fingerprint density at radius 2 is 1.71 bits per heavy atom. The molecule has 1 unspecified atom stereocenters. The van der Waals surface area contributed by atoms with Crippen LogP contribution in [0.5, 0.6) is 11.5 Å². The maximum atomic E-state index is 12.1. The van der Waals surface area contributed by atoms with E-state index in [9.17, 15) is 30.0 Å². The highest BCUT2D eigenvalue weighted by Crippen LogP contribution is 2.25. The zero-order valence-electron chi connectivity index (χ0n) is 20.0. The number of phenolic OH excluding ortho intramolecular Hbond substituents is 1. The quantitative estimate of drug-likeness (QED) is 0.156. The van der Waals surface area contributed by atoms with E-state index in [0.29, 0.717) is 12.1 Å². The van der Waals surface area contributed by atoms with Gasteiger partial charge in [-0.15, -0.1) is 0 Å². The summed E-state index contributed by atoms with van der Waals surface area (Å²) in [6.45, 7) is 1.89. The fourth-order valence-electron chi connectivity index (χ4n) is 3.76. The minimum Gasteiger partial charge on any atom is -0.508 e. The molecule has 0 saturated carbocycles. The first-order valence-corrected chi connectivity index (χ1v) is 11.5. The number of carboxylic acids is 1. The molecule has 2 amide bonds. The molecule has 6 atom stereocenters. The third kappa shape index (κ3) is 6.36. The predicted octanol–water partition coefficient (Wildman–Crippen LogP) is 0.386. The van der Waals surface area contributed by atoms with Crippen LogP contribution in [0.3, 0.4) is 0 Å². The number of carbonyl (C=O) groups excluding carboxylic acids is 1. The van der Waals surface area contributed by atoms with E-state index in [-0.39, 0.29) is 23.4 Å². The van der Waals surface area contributed by atoms with Gasteiger partial charge in [0.2, 0.25) is 11.6 Å². The molecule has 14 nitrogen and oxygen atoms in total. The largest absolute Gasteiger partial charge is 0.508 e. The van der Waals surface area contributed by atoms with Crippen LogP contribution in [-0.4, -0.2) is 73.5 Å². The van der Waals surface area contributed by atoms with Crippen LogP contribution in [0.15, 0.2) is 59.3 Å². The predicted molar refractivity (Wildman–Crippen MR) is 127 cm³/mol. The summed E-state index contributed by atoms with van der Waals surface area (Å²) in [6, 6.07) is 11.9. The summed E-state index contributed by atoms with van der Waals surface area (Å²) in [4.78, 5) is 23.4. The normalized spacial score (nSPS) is 23.8. The van der Waals surface area contributed by atoms with Gasteiger partial charge in [-0.1, -0.05) is 12.1 Å². The van der Waals surface area contributed by atoms with Gasteiger partial charge in [0, 0.05) is 19.0 Å². The van der Waals surface area contributed by atoms with E-state index in [0.717, 1.165) is 5.56 Å². The molecule has 38 heavy (non-hydrogen) atoms. The lowest BCUT2D eigenvalue weighted by Gasteiger charge is -2.38. The summed E-state index contributed by atoms with van der Waals surface area (Å²) in [5, 5.41) is 57.3. The fraction of sp³-hybridized carbons (Fsp3) is 0.333. The number of rotatable bonds is 8. The Hall–Kier alpha value is -4.24. The molecule has 4 rings (SSSR count). The first-order chi connectivity index (χ1) is 18.1. The molecule has 0 radical (unpaired) electrons. The molecule has 0 spiro atoms. The number of ether oxygens (including phenoxy) is 2. The molecule has 3 aromatic rings. The van der Waals surface area contributed by atoms with Gasteiger partial charge < -0.3 is 40.3 Å². The van der Waals surface area contributed by atoms with Crippen LogP contribution in [0.2, 0.25) is 0 Å². The Labute approximate surface area is 215 Å². The molecular formula is C24H27N4O10+. The lowest BCUT2D eigenvalue weighted by atomic mass is 9.99. The Morgan fingerprint density at radius 3 is 2.37 bits per heavy atom. The number of aliphatic carboxylic acids is 1. The first kappa shape index (κ1) is 26.8. The average Bonchev–Trinajstić information content (AvgIpc) is 3.35. The van der Waals surface area contributed by atoms with E-state index in [2.05, 4.69) is 15.9 Å². The standard InChI is InChI=1S/C24H26N4O10/c1-12(28-11-17(38-27-28)26-24(35)25-14-4-6-15(29)7-5-14)10-13-2-8-16(9-3-13)36-23-20(32)18(30)19(31)21(37-23)22(33)34/h2-9,11-12,18-21,23,27,30-32H,10H2,1H3,(H2,26,33,34,35)/p+1/t12?,18-,19-,20+,21-,23+/m0/s1. The van der Waals surface area contributed by atoms with Crippen molar-refractivity contribution in [3.63, 3.8) is 0 Å². The highest BCUT2D eigenvalue weighted by molar-refractivity contribution is 5.98. The molecular weight excluding hydrogens is 504 g/mol. The minimum absolute atomic E-state index is 0.0786. The smallest absolute Gasteiger partial charge is 0.335 e. The van der Waals surface area contributed by atoms with Gasteiger partial charge in [0.05, 0.1) is 0 Å². The Kier molecular flexibility index (Phi) is 8.07. The second-order valence-corrected chi connectivity index (χ2v) is 8.72. The molecule has 202 valence electrons. The van der Waals surface area contributed by atoms with E-state index in [1.54, 1.807) is 36.4 Å². The molecule has 1 aliphatic rings. The van der Waals surface area contributed by atoms with Gasteiger partial charge in [-0.25, -0.2) is 9.59 Å². The van der Waals surface area contributed by atoms with E-state index in [1.807, 2.05) is 6.92 Å². The molecule has 2 aromatic carbocycles. The van der Waals surface area contributed by atoms with Crippen molar-refractivity contribution < 1.29 is 53.8 Å². The second kappa shape index (κ2) is 11.4. The number of urea groups is 1. The van der Waals surface area contributed by atoms with Crippen molar-refractivity contribution in [2.75, 3.05) is 10.6 Å². The maximum absolute atomic E-state index is 12.1. The molecule has 1 aromatic heterocycles. The average molecular weight is 531 g/mol. The number of carboxylic acid groups (broad SMARTS) is 1. The van der Waals surface area contributed by atoms with E-state index in [4.69, 9.17) is 19.1 Å². The topological polar surface area (TPSA) is 208 Å². The van der Waals surface area contributed by atoms with Crippen LogP contribution in [0, 0.1) is 0 Å². The Bertz CT molecular complexity index is 1250. The van der Waals surface area contributed by atoms with Gasteiger partial charge in [-0.05, 0) is 46.6 Å². The van der Waals surface area contributed by atoms with E-state index in [1.165, 1.54) is 23.0 Å². The summed E-state index contributed by atoms with van der Waals surface area (Å²) in [7, 11) is 0. The number of aliphatic hydroxyl groups is 3. The number of aliphatic hydroxyl groups excluding tert-OH is 3. The van der Waals surface area contributed by atoms with Crippen molar-refractivity contribution in [3.8, 4) is 11.5 Å². The molecule has 1 aliphatic heterocycles. The Morgan fingerprint density at radius 1 is 1.03 bits per heavy atom. The summed E-state index contributed by atoms with van der Waals surface area (Å²) < 4.78 is 17.3. The first-order valence-electron chi connectivity index (χ1n) is 11.5. The van der Waals surface area contributed by atoms with Crippen molar-refractivity contribution in [2.24, 2.45) is 0 Å². The molecule has 2 heterocycles. The third-order valence-electron chi connectivity index (χ3n) is 5.82. The van der Waals surface area contributed by atoms with Gasteiger partial charge in [-0.2, -0.15) is 0 Å². The van der Waals surface area contributed by atoms with Crippen LogP contribution >= 0.6 is 0 Å². The SMILES string of the molecule is CC(Cc1ccc(O[C@@H]2O[C@H](C(=O)O)[C@@H](O)[C@H](O)[C@H]2O)cc1)[n+]1cc(NC(=O)Nc2ccc(O)cc2)on1. The Balaban J connectivity index is 1.31. The summed E-state index contributed by atoms with van der Waals surface area (Å²) >= 11 is 0. The van der Waals surface area contributed by atoms with Gasteiger partial charge in [0.25, 0.3) is 6.20 Å². The number of nitrogens with one attached hydrogen (secondary N) is 2. The molecule has 0 bridgehead atoms. The third-order valence-corrected chi connectivity index (χ3v) is 5.82. The number of hydrogen-bond acceptors (Lipinski definition) is 10. The second-order valence-electron chi connectivity index (χ2n) is 8.72. The maximum Gasteiger partial charge on any atom is 0.335 e. The van der Waals surface area contributed by atoms with Gasteiger partial charge >= 0.3 is 17.9 Å². The molecule has 1 saturated heterocycles. The minimum atomic E-state index is -1.80. The van der Waals surface area contributed by atoms with Crippen molar-refractivity contribution in [1.29, 1.82) is 0 Å². The van der Waals surface area contributed by atoms with E-state index < -0.39 is 42.7 Å². The lowest BCUT2D eigenvalue weighted by molar-refractivity contribution is -0.782.